The fourth-order valence-electron chi connectivity index (χ4n) is 1.30. The van der Waals surface area contributed by atoms with E-state index in [1.54, 1.807) is 0 Å². The number of carbonyl (C=O) groups is 1. The van der Waals surface area contributed by atoms with Crippen molar-refractivity contribution in [1.82, 2.24) is 5.16 Å². The van der Waals surface area contributed by atoms with Gasteiger partial charge in [0.25, 0.3) is 5.91 Å². The second kappa shape index (κ2) is 3.57. The summed E-state index contributed by atoms with van der Waals surface area (Å²) in [6.45, 7) is 1.94. The SMILES string of the molecule is Cc1ccccc1-c1[c]c(C(N)=O)no1. The Morgan fingerprint density at radius 2 is 2.20 bits per heavy atom. The minimum Gasteiger partial charge on any atom is -0.364 e. The third-order valence-electron chi connectivity index (χ3n) is 2.08. The van der Waals surface area contributed by atoms with E-state index in [-0.39, 0.29) is 5.69 Å². The van der Waals surface area contributed by atoms with Crippen molar-refractivity contribution < 1.29 is 9.32 Å². The smallest absolute Gasteiger partial charge is 0.271 e. The Morgan fingerprint density at radius 3 is 2.80 bits per heavy atom. The van der Waals surface area contributed by atoms with Crippen LogP contribution in [0.1, 0.15) is 16.1 Å². The zero-order valence-electron chi connectivity index (χ0n) is 8.15. The van der Waals surface area contributed by atoms with Crippen molar-refractivity contribution in [1.29, 1.82) is 0 Å². The molecule has 0 saturated carbocycles. The first kappa shape index (κ1) is 9.45. The van der Waals surface area contributed by atoms with E-state index in [4.69, 9.17) is 10.3 Å². The molecule has 0 bridgehead atoms. The van der Waals surface area contributed by atoms with Crippen molar-refractivity contribution >= 4 is 5.91 Å². The fraction of sp³-hybridized carbons (Fsp3) is 0.0909. The van der Waals surface area contributed by atoms with Crippen LogP contribution in [0.4, 0.5) is 0 Å². The molecule has 1 radical (unpaired) electrons. The van der Waals surface area contributed by atoms with E-state index in [1.807, 2.05) is 31.2 Å². The van der Waals surface area contributed by atoms with Crippen LogP contribution in [0.5, 0.6) is 0 Å². The van der Waals surface area contributed by atoms with Crippen LogP contribution < -0.4 is 5.73 Å². The van der Waals surface area contributed by atoms with Crippen LogP contribution in [0.2, 0.25) is 0 Å². The fourth-order valence-corrected chi connectivity index (χ4v) is 1.30. The Labute approximate surface area is 86.7 Å². The largest absolute Gasteiger partial charge is 0.364 e. The number of aryl methyl sites for hydroxylation is 1. The summed E-state index contributed by atoms with van der Waals surface area (Å²) in [4.78, 5) is 10.8. The van der Waals surface area contributed by atoms with Crippen LogP contribution in [0.15, 0.2) is 28.8 Å². The number of amides is 1. The highest BCUT2D eigenvalue weighted by Gasteiger charge is 2.12. The van der Waals surface area contributed by atoms with E-state index in [9.17, 15) is 4.79 Å². The Hall–Kier alpha value is -2.10. The quantitative estimate of drug-likeness (QED) is 0.801. The van der Waals surface area contributed by atoms with Gasteiger partial charge in [-0.2, -0.15) is 0 Å². The van der Waals surface area contributed by atoms with Gasteiger partial charge in [-0.15, -0.1) is 0 Å². The molecule has 1 heterocycles. The summed E-state index contributed by atoms with van der Waals surface area (Å²) in [7, 11) is 0. The number of rotatable bonds is 2. The Bertz CT molecular complexity index is 503. The average Bonchev–Trinajstić information content (AvgIpc) is 2.67. The van der Waals surface area contributed by atoms with Crippen molar-refractivity contribution in [2.45, 2.75) is 6.92 Å². The molecule has 75 valence electrons. The van der Waals surface area contributed by atoms with Crippen LogP contribution in [0.3, 0.4) is 0 Å². The predicted octanol–water partition coefficient (Wildman–Crippen LogP) is 1.55. The molecule has 0 aliphatic rings. The lowest BCUT2D eigenvalue weighted by Crippen LogP contribution is -2.10. The van der Waals surface area contributed by atoms with Gasteiger partial charge in [-0.3, -0.25) is 4.79 Å². The van der Waals surface area contributed by atoms with Gasteiger partial charge in [0.15, 0.2) is 11.5 Å². The predicted molar refractivity (Wildman–Crippen MR) is 54.0 cm³/mol. The molecular formula is C11H9N2O2. The van der Waals surface area contributed by atoms with Gasteiger partial charge >= 0.3 is 0 Å². The Balaban J connectivity index is 2.46. The zero-order chi connectivity index (χ0) is 10.8. The lowest BCUT2D eigenvalue weighted by atomic mass is 10.1. The van der Waals surface area contributed by atoms with Gasteiger partial charge in [0.1, 0.15) is 0 Å². The van der Waals surface area contributed by atoms with Gasteiger partial charge in [-0.25, -0.2) is 0 Å². The molecule has 1 amide bonds. The average molecular weight is 201 g/mol. The highest BCUT2D eigenvalue weighted by Crippen LogP contribution is 2.22. The van der Waals surface area contributed by atoms with Crippen molar-refractivity contribution in [3.05, 3.63) is 41.6 Å². The number of primary amides is 1. The summed E-state index contributed by atoms with van der Waals surface area (Å²) < 4.78 is 4.99. The molecule has 1 aromatic carbocycles. The first-order valence-electron chi connectivity index (χ1n) is 4.43. The maximum absolute atomic E-state index is 10.8. The minimum absolute atomic E-state index is 0.0215. The van der Waals surface area contributed by atoms with Crippen molar-refractivity contribution in [3.8, 4) is 11.3 Å². The number of hydrogen-bond acceptors (Lipinski definition) is 3. The molecular weight excluding hydrogens is 192 g/mol. The van der Waals surface area contributed by atoms with E-state index in [2.05, 4.69) is 11.2 Å². The van der Waals surface area contributed by atoms with Crippen LogP contribution >= 0.6 is 0 Å². The molecule has 0 aliphatic carbocycles. The third-order valence-corrected chi connectivity index (χ3v) is 2.08. The number of hydrogen-bond donors (Lipinski definition) is 1. The van der Waals surface area contributed by atoms with Gasteiger partial charge < -0.3 is 10.3 Å². The second-order valence-corrected chi connectivity index (χ2v) is 3.16. The summed E-state index contributed by atoms with van der Waals surface area (Å²) in [6.07, 6.45) is 0. The highest BCUT2D eigenvalue weighted by molar-refractivity contribution is 5.91. The van der Waals surface area contributed by atoms with Crippen LogP contribution in [0, 0.1) is 13.0 Å². The van der Waals surface area contributed by atoms with Gasteiger partial charge in [0.2, 0.25) is 0 Å². The number of nitrogens with zero attached hydrogens (tertiary/aromatic N) is 1. The van der Waals surface area contributed by atoms with E-state index in [0.29, 0.717) is 5.76 Å². The van der Waals surface area contributed by atoms with Crippen molar-refractivity contribution in [2.75, 3.05) is 0 Å². The molecule has 2 N–H and O–H groups in total. The summed E-state index contributed by atoms with van der Waals surface area (Å²) in [5, 5.41) is 3.53. The Morgan fingerprint density at radius 1 is 1.47 bits per heavy atom. The van der Waals surface area contributed by atoms with Crippen molar-refractivity contribution in [3.63, 3.8) is 0 Å². The number of carbonyl (C=O) groups excluding carboxylic acids is 1. The Kier molecular flexibility index (Phi) is 2.25. The van der Waals surface area contributed by atoms with Gasteiger partial charge in [-0.1, -0.05) is 29.4 Å². The molecule has 0 atom stereocenters. The number of aromatic nitrogens is 1. The highest BCUT2D eigenvalue weighted by atomic mass is 16.5. The van der Waals surface area contributed by atoms with Gasteiger partial charge in [0.05, 0.1) is 6.07 Å². The van der Waals surface area contributed by atoms with E-state index >= 15 is 0 Å². The molecule has 0 spiro atoms. The van der Waals surface area contributed by atoms with Gasteiger partial charge in [0, 0.05) is 5.56 Å². The number of benzene rings is 1. The summed E-state index contributed by atoms with van der Waals surface area (Å²) in [5.74, 6) is -0.208. The minimum atomic E-state index is -0.640. The van der Waals surface area contributed by atoms with Crippen LogP contribution in [-0.2, 0) is 0 Å². The molecule has 0 aliphatic heterocycles. The maximum Gasteiger partial charge on any atom is 0.271 e. The molecule has 0 unspecified atom stereocenters. The zero-order valence-corrected chi connectivity index (χ0v) is 8.15. The maximum atomic E-state index is 10.8. The third kappa shape index (κ3) is 1.74. The molecule has 2 aromatic rings. The first-order valence-corrected chi connectivity index (χ1v) is 4.43. The monoisotopic (exact) mass is 201 g/mol. The van der Waals surface area contributed by atoms with E-state index < -0.39 is 5.91 Å². The molecule has 0 fully saturated rings. The summed E-state index contributed by atoms with van der Waals surface area (Å²) in [6, 6.07) is 10.3. The molecule has 2 rings (SSSR count). The van der Waals surface area contributed by atoms with Crippen LogP contribution in [-0.4, -0.2) is 11.1 Å². The first-order chi connectivity index (χ1) is 7.18. The molecule has 0 saturated heterocycles. The molecule has 4 heteroatoms. The van der Waals surface area contributed by atoms with Gasteiger partial charge in [-0.05, 0) is 12.5 Å². The standard InChI is InChI=1S/C11H9N2O2/c1-7-4-2-3-5-8(7)10-6-9(11(12)14)13-15-10/h2-5H,1H3,(H2,12,14). The molecule has 15 heavy (non-hydrogen) atoms. The second-order valence-electron chi connectivity index (χ2n) is 3.16. The molecule has 4 nitrogen and oxygen atoms in total. The lowest BCUT2D eigenvalue weighted by Gasteiger charge is -1.98. The number of nitrogens with two attached hydrogens (primary N) is 1. The van der Waals surface area contributed by atoms with Crippen molar-refractivity contribution in [2.24, 2.45) is 5.73 Å². The normalized spacial score (nSPS) is 10.2. The lowest BCUT2D eigenvalue weighted by molar-refractivity contribution is 0.0991. The summed E-state index contributed by atoms with van der Waals surface area (Å²) in [5.41, 5.74) is 6.96. The van der Waals surface area contributed by atoms with E-state index in [1.165, 1.54) is 0 Å². The summed E-state index contributed by atoms with van der Waals surface area (Å²) >= 11 is 0. The molecule has 1 aromatic heterocycles. The topological polar surface area (TPSA) is 69.1 Å². The van der Waals surface area contributed by atoms with Crippen LogP contribution in [0.25, 0.3) is 11.3 Å². The van der Waals surface area contributed by atoms with E-state index in [0.717, 1.165) is 11.1 Å².